The molecule has 1 aromatic rings. The van der Waals surface area contributed by atoms with Gasteiger partial charge in [0, 0.05) is 13.2 Å². The summed E-state index contributed by atoms with van der Waals surface area (Å²) in [6, 6.07) is 5.56. The zero-order valence-corrected chi connectivity index (χ0v) is 11.9. The number of nitrogens with zero attached hydrogens (tertiary/aromatic N) is 2. The fraction of sp³-hybridized carbons (Fsp3) is 0.188. The molecule has 5 nitrogen and oxygen atoms in total. The van der Waals surface area contributed by atoms with Crippen LogP contribution in [0.4, 0.5) is 0 Å². The number of rotatable bonds is 3. The highest BCUT2D eigenvalue weighted by molar-refractivity contribution is 6.25. The van der Waals surface area contributed by atoms with E-state index in [2.05, 4.69) is 4.98 Å². The van der Waals surface area contributed by atoms with Gasteiger partial charge in [0.15, 0.2) is 5.78 Å². The lowest BCUT2D eigenvalue weighted by atomic mass is 10.1. The quantitative estimate of drug-likeness (QED) is 0.398. The van der Waals surface area contributed by atoms with E-state index in [-0.39, 0.29) is 23.7 Å². The van der Waals surface area contributed by atoms with Gasteiger partial charge in [0.1, 0.15) is 11.3 Å². The zero-order valence-electron chi connectivity index (χ0n) is 11.9. The number of ketones is 1. The maximum Gasteiger partial charge on any atom is 0.261 e. The van der Waals surface area contributed by atoms with Crippen molar-refractivity contribution in [2.45, 2.75) is 6.92 Å². The topological polar surface area (TPSA) is 70.5 Å². The zero-order chi connectivity index (χ0) is 15.4. The van der Waals surface area contributed by atoms with Gasteiger partial charge < -0.3 is 10.0 Å². The Kier molecular flexibility index (Phi) is 4.33. The predicted octanol–water partition coefficient (Wildman–Crippen LogP) is 1.89. The Morgan fingerprint density at radius 1 is 1.33 bits per heavy atom. The molecule has 1 fully saturated rings. The summed E-state index contributed by atoms with van der Waals surface area (Å²) in [6.45, 7) is 1.85. The van der Waals surface area contributed by atoms with E-state index < -0.39 is 5.91 Å². The van der Waals surface area contributed by atoms with E-state index in [1.807, 2.05) is 31.2 Å². The molecule has 1 aliphatic rings. The number of carbonyl (C=O) groups is 2. The number of hydrogen-bond donors (Lipinski definition) is 1. The van der Waals surface area contributed by atoms with Crippen LogP contribution in [0, 0.1) is 0 Å². The van der Waals surface area contributed by atoms with Gasteiger partial charge in [-0.25, -0.2) is 0 Å². The number of Topliss-reactive ketones (excluding diaryl/α,β-unsaturated/α-hetero) is 1. The maximum absolute atomic E-state index is 11.7. The Labute approximate surface area is 122 Å². The summed E-state index contributed by atoms with van der Waals surface area (Å²) in [5.74, 6) is -1.12. The molecule has 2 rings (SSSR count). The lowest BCUT2D eigenvalue weighted by molar-refractivity contribution is -0.123. The van der Waals surface area contributed by atoms with Crippen LogP contribution in [0.5, 0.6) is 0 Å². The van der Waals surface area contributed by atoms with Crippen LogP contribution in [0.25, 0.3) is 6.08 Å². The predicted molar refractivity (Wildman–Crippen MR) is 79.3 cm³/mol. The molecular weight excluding hydrogens is 268 g/mol. The molecule has 1 aromatic heterocycles. The van der Waals surface area contributed by atoms with Crippen molar-refractivity contribution in [3.8, 4) is 0 Å². The third-order valence-electron chi connectivity index (χ3n) is 3.04. The van der Waals surface area contributed by atoms with Gasteiger partial charge in [-0.05, 0) is 36.8 Å². The smallest absolute Gasteiger partial charge is 0.261 e. The molecule has 0 aromatic carbocycles. The van der Waals surface area contributed by atoms with Gasteiger partial charge >= 0.3 is 0 Å². The number of hydrogen-bond acceptors (Lipinski definition) is 4. The van der Waals surface area contributed by atoms with Gasteiger partial charge in [-0.15, -0.1) is 0 Å². The summed E-state index contributed by atoms with van der Waals surface area (Å²) in [5.41, 5.74) is 1.48. The minimum Gasteiger partial charge on any atom is -0.507 e. The largest absolute Gasteiger partial charge is 0.507 e. The standard InChI is InChI=1S/C16H16N2O3/c1-11(9-12-5-3-4-8-17-12)6-7-13(19)15-14(20)10-18(2)16(15)21/h3-9,19H,10H2,1-2H3/b7-6+,11-9+,15-13?. The van der Waals surface area contributed by atoms with Gasteiger partial charge in [-0.2, -0.15) is 0 Å². The van der Waals surface area contributed by atoms with Crippen LogP contribution in [0.15, 0.2) is 53.5 Å². The SMILES string of the molecule is CC(/C=C/C(O)=C1C(=O)CN(C)C1=O)=C\c1ccccn1. The van der Waals surface area contributed by atoms with Crippen LogP contribution < -0.4 is 0 Å². The normalized spacial score (nSPS) is 18.8. The van der Waals surface area contributed by atoms with E-state index in [1.54, 1.807) is 12.3 Å². The number of aromatic nitrogens is 1. The monoisotopic (exact) mass is 284 g/mol. The van der Waals surface area contributed by atoms with E-state index in [4.69, 9.17) is 0 Å². The van der Waals surface area contributed by atoms with Crippen molar-refractivity contribution in [2.24, 2.45) is 0 Å². The highest BCUT2D eigenvalue weighted by atomic mass is 16.3. The molecule has 0 bridgehead atoms. The molecule has 21 heavy (non-hydrogen) atoms. The van der Waals surface area contributed by atoms with E-state index in [9.17, 15) is 14.7 Å². The number of aliphatic hydroxyl groups excluding tert-OH is 1. The van der Waals surface area contributed by atoms with Crippen LogP contribution in [0.1, 0.15) is 12.6 Å². The highest BCUT2D eigenvalue weighted by Gasteiger charge is 2.33. The van der Waals surface area contributed by atoms with Gasteiger partial charge in [-0.1, -0.05) is 12.1 Å². The Morgan fingerprint density at radius 3 is 2.67 bits per heavy atom. The van der Waals surface area contributed by atoms with E-state index in [1.165, 1.54) is 18.0 Å². The number of carbonyl (C=O) groups excluding carboxylic acids is 2. The average molecular weight is 284 g/mol. The lowest BCUT2D eigenvalue weighted by Crippen LogP contribution is -2.19. The van der Waals surface area contributed by atoms with E-state index in [0.29, 0.717) is 0 Å². The summed E-state index contributed by atoms with van der Waals surface area (Å²) in [6.07, 6.45) is 6.52. The number of amides is 1. The molecule has 0 atom stereocenters. The first-order chi connectivity index (χ1) is 9.99. The van der Waals surface area contributed by atoms with Crippen LogP contribution in [-0.2, 0) is 9.59 Å². The Morgan fingerprint density at radius 2 is 2.10 bits per heavy atom. The Hall–Kier alpha value is -2.69. The third-order valence-corrected chi connectivity index (χ3v) is 3.04. The molecule has 0 aliphatic carbocycles. The summed E-state index contributed by atoms with van der Waals surface area (Å²) in [4.78, 5) is 28.8. The maximum atomic E-state index is 11.7. The van der Waals surface area contributed by atoms with Gasteiger partial charge in [-0.3, -0.25) is 14.6 Å². The van der Waals surface area contributed by atoms with Crippen LogP contribution >= 0.6 is 0 Å². The van der Waals surface area contributed by atoms with Crippen molar-refractivity contribution < 1.29 is 14.7 Å². The van der Waals surface area contributed by atoms with Crippen LogP contribution in [-0.4, -0.2) is 40.3 Å². The van der Waals surface area contributed by atoms with Crippen molar-refractivity contribution in [3.05, 3.63) is 59.1 Å². The number of likely N-dealkylation sites (tertiary alicyclic amines) is 1. The summed E-state index contributed by atoms with van der Waals surface area (Å²) in [7, 11) is 1.52. The average Bonchev–Trinajstić information content (AvgIpc) is 2.71. The second kappa shape index (κ2) is 6.17. The number of aliphatic hydroxyl groups is 1. The summed E-state index contributed by atoms with van der Waals surface area (Å²) < 4.78 is 0. The van der Waals surface area contributed by atoms with Crippen LogP contribution in [0.2, 0.25) is 0 Å². The molecule has 108 valence electrons. The fourth-order valence-corrected chi connectivity index (χ4v) is 1.97. The van der Waals surface area contributed by atoms with E-state index >= 15 is 0 Å². The van der Waals surface area contributed by atoms with Gasteiger partial charge in [0.2, 0.25) is 0 Å². The van der Waals surface area contributed by atoms with Crippen molar-refractivity contribution in [2.75, 3.05) is 13.6 Å². The third kappa shape index (κ3) is 3.45. The Balaban J connectivity index is 2.19. The number of pyridine rings is 1. The molecule has 2 heterocycles. The fourth-order valence-electron chi connectivity index (χ4n) is 1.97. The van der Waals surface area contributed by atoms with Crippen molar-refractivity contribution >= 4 is 17.8 Å². The second-order valence-corrected chi connectivity index (χ2v) is 4.82. The van der Waals surface area contributed by atoms with Crippen LogP contribution in [0.3, 0.4) is 0 Å². The molecule has 0 unspecified atom stereocenters. The molecule has 0 saturated carbocycles. The molecule has 5 heteroatoms. The summed E-state index contributed by atoms with van der Waals surface area (Å²) in [5, 5.41) is 9.90. The molecule has 1 amide bonds. The van der Waals surface area contributed by atoms with Gasteiger partial charge in [0.05, 0.1) is 12.2 Å². The lowest BCUT2D eigenvalue weighted by Gasteiger charge is -2.03. The molecule has 1 aliphatic heterocycles. The summed E-state index contributed by atoms with van der Waals surface area (Å²) >= 11 is 0. The molecule has 1 saturated heterocycles. The first-order valence-electron chi connectivity index (χ1n) is 6.48. The molecule has 1 N–H and O–H groups in total. The number of allylic oxidation sites excluding steroid dienone is 3. The minimum absolute atomic E-state index is 0.00875. The van der Waals surface area contributed by atoms with Gasteiger partial charge in [0.25, 0.3) is 5.91 Å². The minimum atomic E-state index is -0.450. The Bertz CT molecular complexity index is 657. The second-order valence-electron chi connectivity index (χ2n) is 4.82. The molecular formula is C16H16N2O3. The van der Waals surface area contributed by atoms with Crippen molar-refractivity contribution in [1.82, 2.24) is 9.88 Å². The first kappa shape index (κ1) is 14.7. The molecule has 0 radical (unpaired) electrons. The van der Waals surface area contributed by atoms with E-state index in [0.717, 1.165) is 11.3 Å². The highest BCUT2D eigenvalue weighted by Crippen LogP contribution is 2.16. The van der Waals surface area contributed by atoms with Crippen molar-refractivity contribution in [1.29, 1.82) is 0 Å². The molecule has 0 spiro atoms. The van der Waals surface area contributed by atoms with Crippen molar-refractivity contribution in [3.63, 3.8) is 0 Å². The number of likely N-dealkylation sites (N-methyl/N-ethyl adjacent to an activating group) is 1. The first-order valence-corrected chi connectivity index (χ1v) is 6.48.